The molecule has 3 saturated carbocycles. The van der Waals surface area contributed by atoms with E-state index in [0.29, 0.717) is 10.8 Å². The van der Waals surface area contributed by atoms with Gasteiger partial charge in [-0.2, -0.15) is 0 Å². The number of aliphatic hydroxyl groups is 1. The van der Waals surface area contributed by atoms with Gasteiger partial charge < -0.3 is 5.11 Å². The molecule has 0 aromatic carbocycles. The monoisotopic (exact) mass is 372 g/mol. The van der Waals surface area contributed by atoms with Gasteiger partial charge in [-0.25, -0.2) is 0 Å². The van der Waals surface area contributed by atoms with Crippen molar-refractivity contribution < 1.29 is 5.11 Å². The molecule has 4 rings (SSSR count). The summed E-state index contributed by atoms with van der Waals surface area (Å²) < 4.78 is 0. The van der Waals surface area contributed by atoms with Crippen LogP contribution in [0, 0.1) is 46.3 Å². The maximum atomic E-state index is 10.2. The summed E-state index contributed by atoms with van der Waals surface area (Å²) in [6.07, 6.45) is 15.9. The molecule has 4 aliphatic rings. The Morgan fingerprint density at radius 3 is 2.52 bits per heavy atom. The quantitative estimate of drug-likeness (QED) is 0.515. The van der Waals surface area contributed by atoms with Crippen LogP contribution in [-0.4, -0.2) is 11.2 Å². The van der Waals surface area contributed by atoms with Gasteiger partial charge >= 0.3 is 0 Å². The van der Waals surface area contributed by atoms with Crippen molar-refractivity contribution in [1.82, 2.24) is 0 Å². The average molecular weight is 373 g/mol. The summed E-state index contributed by atoms with van der Waals surface area (Å²) in [7, 11) is 0. The minimum atomic E-state index is -0.0758. The van der Waals surface area contributed by atoms with Gasteiger partial charge in [-0.3, -0.25) is 0 Å². The van der Waals surface area contributed by atoms with Crippen LogP contribution in [0.25, 0.3) is 0 Å². The minimum Gasteiger partial charge on any atom is -0.393 e. The van der Waals surface area contributed by atoms with Gasteiger partial charge in [0.15, 0.2) is 0 Å². The van der Waals surface area contributed by atoms with Gasteiger partial charge in [0.1, 0.15) is 0 Å². The minimum absolute atomic E-state index is 0.0758. The maximum absolute atomic E-state index is 10.2. The molecule has 0 aromatic heterocycles. The van der Waals surface area contributed by atoms with Crippen molar-refractivity contribution in [3.63, 3.8) is 0 Å². The predicted octanol–water partition coefficient (Wildman–Crippen LogP) is 7.00. The van der Waals surface area contributed by atoms with E-state index in [2.05, 4.69) is 40.7 Å². The Bertz CT molecular complexity index is 577. The Balaban J connectivity index is 1.49. The van der Waals surface area contributed by atoms with Gasteiger partial charge in [0.25, 0.3) is 0 Å². The molecule has 154 valence electrons. The predicted molar refractivity (Wildman–Crippen MR) is 114 cm³/mol. The van der Waals surface area contributed by atoms with Crippen LogP contribution in [0.15, 0.2) is 11.6 Å². The van der Waals surface area contributed by atoms with Crippen LogP contribution in [0.3, 0.4) is 0 Å². The fraction of sp³-hybridized carbons (Fsp3) is 0.923. The van der Waals surface area contributed by atoms with Gasteiger partial charge in [0.05, 0.1) is 6.10 Å². The molecule has 27 heavy (non-hydrogen) atoms. The lowest BCUT2D eigenvalue weighted by atomic mass is 9.53. The van der Waals surface area contributed by atoms with Crippen molar-refractivity contribution in [1.29, 1.82) is 0 Å². The van der Waals surface area contributed by atoms with Gasteiger partial charge in [0, 0.05) is 0 Å². The molecule has 8 atom stereocenters. The molecule has 1 N–H and O–H groups in total. The topological polar surface area (TPSA) is 20.2 Å². The van der Waals surface area contributed by atoms with Crippen LogP contribution in [0.2, 0.25) is 0 Å². The molecule has 0 aliphatic heterocycles. The average Bonchev–Trinajstić information content (AvgIpc) is 3.09. The number of allylic oxidation sites excluding steroid dienone is 1. The molecule has 0 spiro atoms. The highest BCUT2D eigenvalue weighted by molar-refractivity contribution is 5.30. The van der Waals surface area contributed by atoms with Crippen LogP contribution in [0.1, 0.15) is 98.8 Å². The largest absolute Gasteiger partial charge is 0.393 e. The third-order valence-corrected chi connectivity index (χ3v) is 9.93. The molecule has 3 fully saturated rings. The Morgan fingerprint density at radius 1 is 1.00 bits per heavy atom. The lowest BCUT2D eigenvalue weighted by Gasteiger charge is -2.52. The molecule has 0 saturated heterocycles. The summed E-state index contributed by atoms with van der Waals surface area (Å²) in [6, 6.07) is 0. The number of hydrogen-bond donors (Lipinski definition) is 1. The van der Waals surface area contributed by atoms with E-state index in [-0.39, 0.29) is 6.10 Å². The van der Waals surface area contributed by atoms with E-state index in [9.17, 15) is 5.11 Å². The highest BCUT2D eigenvalue weighted by Crippen LogP contribution is 2.68. The first kappa shape index (κ1) is 20.0. The van der Waals surface area contributed by atoms with Crippen LogP contribution in [0.5, 0.6) is 0 Å². The Hall–Kier alpha value is -0.300. The van der Waals surface area contributed by atoms with Crippen LogP contribution >= 0.6 is 0 Å². The van der Waals surface area contributed by atoms with E-state index in [4.69, 9.17) is 0 Å². The highest BCUT2D eigenvalue weighted by atomic mass is 16.3. The smallest absolute Gasteiger partial charge is 0.0577 e. The highest BCUT2D eigenvalue weighted by Gasteiger charge is 2.60. The molecule has 4 aliphatic carbocycles. The lowest BCUT2D eigenvalue weighted by molar-refractivity contribution is -0.0191. The Kier molecular flexibility index (Phi) is 5.32. The van der Waals surface area contributed by atoms with Crippen molar-refractivity contribution >= 4 is 0 Å². The zero-order valence-corrected chi connectivity index (χ0v) is 18.6. The molecule has 0 bridgehead atoms. The van der Waals surface area contributed by atoms with Gasteiger partial charge in [-0.05, 0) is 91.3 Å². The molecule has 0 radical (unpaired) electrons. The first-order chi connectivity index (χ1) is 12.8. The maximum Gasteiger partial charge on any atom is 0.0577 e. The summed E-state index contributed by atoms with van der Waals surface area (Å²) in [5.74, 6) is 5.26. The standard InChI is InChI=1S/C26H44O/c1-17(2)7-6-8-18(3)22-9-10-23-21-16-19-15-20(27)11-13-25(19,4)24(21)12-14-26(22,23)5/h16-18,20-24,27H,6-15H2,1-5H3/t18-,20+,21-,22+,23+,24-,25+,26-/m1/s1. The molecular weight excluding hydrogens is 328 g/mol. The number of hydrogen-bond acceptors (Lipinski definition) is 1. The van der Waals surface area contributed by atoms with Crippen molar-refractivity contribution in [2.45, 2.75) is 105 Å². The third kappa shape index (κ3) is 3.24. The number of fused-ring (bicyclic) bond motifs is 5. The second kappa shape index (κ2) is 7.19. The summed E-state index contributed by atoms with van der Waals surface area (Å²) in [5.41, 5.74) is 2.61. The second-order valence-corrected chi connectivity index (χ2v) is 11.8. The van der Waals surface area contributed by atoms with Crippen molar-refractivity contribution in [2.75, 3.05) is 0 Å². The summed E-state index contributed by atoms with van der Waals surface area (Å²) in [6.45, 7) is 12.5. The third-order valence-electron chi connectivity index (χ3n) is 9.93. The molecule has 1 heteroatoms. The zero-order valence-electron chi connectivity index (χ0n) is 18.6. The fourth-order valence-electron chi connectivity index (χ4n) is 8.33. The normalized spacial score (nSPS) is 47.4. The molecule has 1 nitrogen and oxygen atoms in total. The van der Waals surface area contributed by atoms with E-state index in [1.807, 2.05) is 0 Å². The fourth-order valence-corrected chi connectivity index (χ4v) is 8.33. The summed E-state index contributed by atoms with van der Waals surface area (Å²) >= 11 is 0. The van der Waals surface area contributed by atoms with E-state index in [1.165, 1.54) is 51.4 Å². The van der Waals surface area contributed by atoms with E-state index < -0.39 is 0 Å². The van der Waals surface area contributed by atoms with Gasteiger partial charge in [-0.1, -0.05) is 65.5 Å². The van der Waals surface area contributed by atoms with Crippen molar-refractivity contribution in [3.05, 3.63) is 11.6 Å². The Labute approximate surface area is 168 Å². The first-order valence-electron chi connectivity index (χ1n) is 12.1. The van der Waals surface area contributed by atoms with Crippen molar-refractivity contribution in [2.24, 2.45) is 46.3 Å². The lowest BCUT2D eigenvalue weighted by Crippen LogP contribution is -2.45. The van der Waals surface area contributed by atoms with Gasteiger partial charge in [0.2, 0.25) is 0 Å². The Morgan fingerprint density at radius 2 is 1.78 bits per heavy atom. The van der Waals surface area contributed by atoms with Crippen LogP contribution in [-0.2, 0) is 0 Å². The SMILES string of the molecule is CC(C)CCC[C@@H](C)[C@@H]1CC[C@H]2[C@H]3C=C4C[C@@H](O)CC[C@]4(C)[C@@H]3CC[C@@]21C. The van der Waals surface area contributed by atoms with E-state index >= 15 is 0 Å². The summed E-state index contributed by atoms with van der Waals surface area (Å²) in [5, 5.41) is 10.2. The van der Waals surface area contributed by atoms with Crippen LogP contribution in [0.4, 0.5) is 0 Å². The zero-order chi connectivity index (χ0) is 19.4. The molecule has 0 unspecified atom stereocenters. The van der Waals surface area contributed by atoms with E-state index in [0.717, 1.165) is 48.3 Å². The van der Waals surface area contributed by atoms with Crippen LogP contribution < -0.4 is 0 Å². The first-order valence-corrected chi connectivity index (χ1v) is 12.1. The van der Waals surface area contributed by atoms with Crippen molar-refractivity contribution in [3.8, 4) is 0 Å². The second-order valence-electron chi connectivity index (χ2n) is 11.8. The molecular formula is C26H44O. The molecule has 0 amide bonds. The molecule has 0 aromatic rings. The van der Waals surface area contributed by atoms with Gasteiger partial charge in [-0.15, -0.1) is 0 Å². The van der Waals surface area contributed by atoms with E-state index in [1.54, 1.807) is 5.57 Å². The molecule has 0 heterocycles. The number of aliphatic hydroxyl groups excluding tert-OH is 1. The number of rotatable bonds is 5. The summed E-state index contributed by atoms with van der Waals surface area (Å²) in [4.78, 5) is 0.